The van der Waals surface area contributed by atoms with Crippen LogP contribution in [0.2, 0.25) is 0 Å². The number of oxazole rings is 1. The van der Waals surface area contributed by atoms with E-state index in [1.54, 1.807) is 20.4 Å². The molecule has 1 aromatic heterocycles. The van der Waals surface area contributed by atoms with Gasteiger partial charge in [0, 0.05) is 20.8 Å². The van der Waals surface area contributed by atoms with Crippen molar-refractivity contribution in [2.24, 2.45) is 0 Å². The van der Waals surface area contributed by atoms with Gasteiger partial charge in [-0.1, -0.05) is 0 Å². The highest BCUT2D eigenvalue weighted by molar-refractivity contribution is 4.92. The second-order valence-electron chi connectivity index (χ2n) is 2.82. The zero-order chi connectivity index (χ0) is 10.2. The van der Waals surface area contributed by atoms with E-state index in [0.29, 0.717) is 25.6 Å². The van der Waals surface area contributed by atoms with Crippen LogP contribution in [0, 0.1) is 0 Å². The Morgan fingerprint density at radius 2 is 2.29 bits per heavy atom. The van der Waals surface area contributed by atoms with Gasteiger partial charge in [0.25, 0.3) is 0 Å². The van der Waals surface area contributed by atoms with E-state index in [-0.39, 0.29) is 0 Å². The summed E-state index contributed by atoms with van der Waals surface area (Å²) in [6.07, 6.45) is 1.68. The van der Waals surface area contributed by atoms with Crippen LogP contribution in [0.5, 0.6) is 0 Å². The molecule has 0 bridgehead atoms. The zero-order valence-electron chi connectivity index (χ0n) is 8.58. The normalized spacial score (nSPS) is 10.7. The van der Waals surface area contributed by atoms with Gasteiger partial charge in [-0.05, 0) is 0 Å². The Balaban J connectivity index is 2.22. The maximum atomic E-state index is 5.36. The molecular weight excluding hydrogens is 184 g/mol. The first-order valence-electron chi connectivity index (χ1n) is 4.49. The highest BCUT2D eigenvalue weighted by atomic mass is 16.5. The maximum absolute atomic E-state index is 5.36. The zero-order valence-corrected chi connectivity index (χ0v) is 8.58. The third-order valence-corrected chi connectivity index (χ3v) is 1.65. The molecule has 0 saturated carbocycles. The van der Waals surface area contributed by atoms with Crippen LogP contribution in [0.4, 0.5) is 0 Å². The second kappa shape index (κ2) is 6.53. The van der Waals surface area contributed by atoms with E-state index in [1.165, 1.54) is 0 Å². The number of ether oxygens (including phenoxy) is 2. The lowest BCUT2D eigenvalue weighted by Gasteiger charge is -1.99. The average Bonchev–Trinajstić information content (AvgIpc) is 2.61. The molecule has 1 N–H and O–H groups in total. The van der Waals surface area contributed by atoms with E-state index in [4.69, 9.17) is 13.9 Å². The minimum atomic E-state index is 0.463. The molecule has 0 aliphatic rings. The molecule has 0 amide bonds. The van der Waals surface area contributed by atoms with Gasteiger partial charge in [-0.2, -0.15) is 0 Å². The molecule has 1 heterocycles. The number of methoxy groups -OCH3 is 2. The van der Waals surface area contributed by atoms with Crippen LogP contribution in [0.3, 0.4) is 0 Å². The van der Waals surface area contributed by atoms with Gasteiger partial charge in [0.1, 0.15) is 12.4 Å². The van der Waals surface area contributed by atoms with Crippen molar-refractivity contribution >= 4 is 0 Å². The lowest BCUT2D eigenvalue weighted by atomic mass is 10.6. The lowest BCUT2D eigenvalue weighted by molar-refractivity contribution is 0.162. The quantitative estimate of drug-likeness (QED) is 0.652. The lowest BCUT2D eigenvalue weighted by Crippen LogP contribution is -2.18. The van der Waals surface area contributed by atoms with Crippen molar-refractivity contribution in [3.05, 3.63) is 17.8 Å². The highest BCUT2D eigenvalue weighted by Crippen LogP contribution is 2.03. The van der Waals surface area contributed by atoms with E-state index in [0.717, 1.165) is 12.3 Å². The van der Waals surface area contributed by atoms with Crippen molar-refractivity contribution in [3.63, 3.8) is 0 Å². The van der Waals surface area contributed by atoms with E-state index in [9.17, 15) is 0 Å². The first kappa shape index (κ1) is 11.2. The summed E-state index contributed by atoms with van der Waals surface area (Å²) < 4.78 is 15.2. The third-order valence-electron chi connectivity index (χ3n) is 1.65. The molecule has 0 aliphatic heterocycles. The molecule has 5 nitrogen and oxygen atoms in total. The molecule has 1 aromatic rings. The van der Waals surface area contributed by atoms with Crippen LogP contribution in [-0.4, -0.2) is 32.4 Å². The minimum absolute atomic E-state index is 0.463. The van der Waals surface area contributed by atoms with E-state index in [2.05, 4.69) is 10.3 Å². The summed E-state index contributed by atoms with van der Waals surface area (Å²) in [5.74, 6) is 1.42. The topological polar surface area (TPSA) is 56.5 Å². The van der Waals surface area contributed by atoms with Crippen LogP contribution < -0.4 is 5.32 Å². The highest BCUT2D eigenvalue weighted by Gasteiger charge is 2.02. The minimum Gasteiger partial charge on any atom is -0.442 e. The molecule has 0 atom stereocenters. The molecular formula is C9H16N2O3. The number of nitrogens with one attached hydrogen (secondary N) is 1. The van der Waals surface area contributed by atoms with Gasteiger partial charge >= 0.3 is 0 Å². The van der Waals surface area contributed by atoms with Gasteiger partial charge < -0.3 is 19.2 Å². The summed E-state index contributed by atoms with van der Waals surface area (Å²) in [5.41, 5.74) is 0. The van der Waals surface area contributed by atoms with Crippen LogP contribution in [0.15, 0.2) is 10.6 Å². The van der Waals surface area contributed by atoms with Crippen molar-refractivity contribution in [1.82, 2.24) is 10.3 Å². The maximum Gasteiger partial charge on any atom is 0.208 e. The predicted molar refractivity (Wildman–Crippen MR) is 50.8 cm³/mol. The summed E-state index contributed by atoms with van der Waals surface area (Å²) in [4.78, 5) is 4.08. The molecule has 80 valence electrons. The van der Waals surface area contributed by atoms with E-state index >= 15 is 0 Å². The molecule has 0 fully saturated rings. The monoisotopic (exact) mass is 200 g/mol. The van der Waals surface area contributed by atoms with Gasteiger partial charge in [-0.25, -0.2) is 4.98 Å². The van der Waals surface area contributed by atoms with Crippen LogP contribution in [-0.2, 0) is 22.6 Å². The van der Waals surface area contributed by atoms with Crippen LogP contribution in [0.25, 0.3) is 0 Å². The molecule has 0 unspecified atom stereocenters. The summed E-state index contributed by atoms with van der Waals surface area (Å²) in [6, 6.07) is 0. The van der Waals surface area contributed by atoms with Crippen molar-refractivity contribution in [3.8, 4) is 0 Å². The first-order valence-corrected chi connectivity index (χ1v) is 4.49. The standard InChI is InChI=1S/C9H16N2O3/c1-12-4-3-10-6-9-11-5-8(14-9)7-13-2/h5,10H,3-4,6-7H2,1-2H3. The molecule has 0 aromatic carbocycles. The van der Waals surface area contributed by atoms with Crippen LogP contribution >= 0.6 is 0 Å². The number of aromatic nitrogens is 1. The number of hydrogen-bond acceptors (Lipinski definition) is 5. The molecule has 5 heteroatoms. The number of nitrogens with zero attached hydrogens (tertiary/aromatic N) is 1. The Bertz CT molecular complexity index is 250. The van der Waals surface area contributed by atoms with Crippen molar-refractivity contribution in [1.29, 1.82) is 0 Å². The Hall–Kier alpha value is -0.910. The van der Waals surface area contributed by atoms with Crippen LogP contribution in [0.1, 0.15) is 11.7 Å². The van der Waals surface area contributed by atoms with Gasteiger partial charge in [0.2, 0.25) is 5.89 Å². The van der Waals surface area contributed by atoms with Crippen molar-refractivity contribution in [2.75, 3.05) is 27.4 Å². The Kier molecular flexibility index (Phi) is 5.21. The summed E-state index contributed by atoms with van der Waals surface area (Å²) in [5, 5.41) is 3.14. The molecule has 0 saturated heterocycles. The first-order chi connectivity index (χ1) is 6.86. The molecule has 0 aliphatic carbocycles. The molecule has 1 rings (SSSR count). The number of hydrogen-bond donors (Lipinski definition) is 1. The van der Waals surface area contributed by atoms with Gasteiger partial charge in [0.15, 0.2) is 0 Å². The molecule has 14 heavy (non-hydrogen) atoms. The van der Waals surface area contributed by atoms with Crippen molar-refractivity contribution in [2.45, 2.75) is 13.2 Å². The van der Waals surface area contributed by atoms with Crippen molar-refractivity contribution < 1.29 is 13.9 Å². The van der Waals surface area contributed by atoms with Gasteiger partial charge in [0.05, 0.1) is 19.3 Å². The molecule has 0 radical (unpaired) electrons. The smallest absolute Gasteiger partial charge is 0.208 e. The summed E-state index contributed by atoms with van der Waals surface area (Å²) >= 11 is 0. The summed E-state index contributed by atoms with van der Waals surface area (Å²) in [6.45, 7) is 2.56. The largest absolute Gasteiger partial charge is 0.442 e. The fraction of sp³-hybridized carbons (Fsp3) is 0.667. The Labute approximate surface area is 83.4 Å². The fourth-order valence-electron chi connectivity index (χ4n) is 1.01. The average molecular weight is 200 g/mol. The fourth-order valence-corrected chi connectivity index (χ4v) is 1.01. The van der Waals surface area contributed by atoms with E-state index < -0.39 is 0 Å². The molecule has 0 spiro atoms. The second-order valence-corrected chi connectivity index (χ2v) is 2.82. The Morgan fingerprint density at radius 3 is 3.00 bits per heavy atom. The van der Waals surface area contributed by atoms with E-state index in [1.807, 2.05) is 0 Å². The SMILES string of the molecule is COCCNCc1ncc(COC)o1. The predicted octanol–water partition coefficient (Wildman–Crippen LogP) is 0.557. The third kappa shape index (κ3) is 3.87. The van der Waals surface area contributed by atoms with Gasteiger partial charge in [-0.15, -0.1) is 0 Å². The Morgan fingerprint density at radius 1 is 1.43 bits per heavy atom. The number of rotatable bonds is 7. The van der Waals surface area contributed by atoms with Gasteiger partial charge in [-0.3, -0.25) is 0 Å². The summed E-state index contributed by atoms with van der Waals surface area (Å²) in [7, 11) is 3.29.